The van der Waals surface area contributed by atoms with Gasteiger partial charge in [0, 0.05) is 12.0 Å². The monoisotopic (exact) mass is 139 g/mol. The van der Waals surface area contributed by atoms with Gasteiger partial charge in [0.2, 0.25) is 5.91 Å². The number of rotatable bonds is 0. The maximum absolute atomic E-state index is 11.1. The lowest BCUT2D eigenvalue weighted by atomic mass is 9.89. The molecule has 1 aliphatic heterocycles. The Balaban J connectivity index is 2.24. The largest absolute Gasteiger partial charge is 0.353 e. The molecule has 56 valence electrons. The third-order valence-corrected chi connectivity index (χ3v) is 3.27. The van der Waals surface area contributed by atoms with Gasteiger partial charge in [-0.25, -0.2) is 0 Å². The van der Waals surface area contributed by atoms with E-state index in [0.29, 0.717) is 23.8 Å². The molecular formula is C8H13NO. The smallest absolute Gasteiger partial charge is 0.223 e. The van der Waals surface area contributed by atoms with E-state index < -0.39 is 0 Å². The second-order valence-electron chi connectivity index (χ2n) is 3.68. The molecule has 0 aromatic heterocycles. The quantitative estimate of drug-likeness (QED) is 0.528. The Kier molecular flexibility index (Phi) is 1.08. The highest BCUT2D eigenvalue weighted by molar-refractivity contribution is 5.82. The van der Waals surface area contributed by atoms with Crippen LogP contribution in [-0.2, 0) is 4.79 Å². The van der Waals surface area contributed by atoms with Gasteiger partial charge in [-0.1, -0.05) is 13.8 Å². The minimum Gasteiger partial charge on any atom is -0.353 e. The van der Waals surface area contributed by atoms with Crippen molar-refractivity contribution >= 4 is 5.91 Å². The Morgan fingerprint density at radius 3 is 2.50 bits per heavy atom. The molecule has 1 saturated heterocycles. The van der Waals surface area contributed by atoms with Crippen molar-refractivity contribution in [3.8, 4) is 0 Å². The average Bonchev–Trinajstić information content (AvgIpc) is 2.36. The van der Waals surface area contributed by atoms with E-state index in [1.807, 2.05) is 0 Å². The molecule has 2 nitrogen and oxygen atoms in total. The molecule has 2 rings (SSSR count). The molecule has 1 aliphatic carbocycles. The molecule has 2 aliphatic rings. The third kappa shape index (κ3) is 0.568. The molecule has 0 radical (unpaired) electrons. The fourth-order valence-electron chi connectivity index (χ4n) is 2.26. The second-order valence-corrected chi connectivity index (χ2v) is 3.68. The lowest BCUT2D eigenvalue weighted by Gasteiger charge is -2.24. The van der Waals surface area contributed by atoms with Crippen molar-refractivity contribution in [2.75, 3.05) is 0 Å². The maximum atomic E-state index is 11.1. The highest BCUT2D eigenvalue weighted by Gasteiger charge is 2.47. The first kappa shape index (κ1) is 6.20. The van der Waals surface area contributed by atoms with Crippen LogP contribution in [0.5, 0.6) is 0 Å². The first-order valence-electron chi connectivity index (χ1n) is 4.00. The van der Waals surface area contributed by atoms with Gasteiger partial charge in [0.1, 0.15) is 0 Å². The van der Waals surface area contributed by atoms with Crippen molar-refractivity contribution in [3.63, 3.8) is 0 Å². The van der Waals surface area contributed by atoms with Crippen molar-refractivity contribution in [3.05, 3.63) is 0 Å². The molecule has 10 heavy (non-hydrogen) atoms. The highest BCUT2D eigenvalue weighted by Crippen LogP contribution is 2.41. The zero-order valence-electron chi connectivity index (χ0n) is 6.42. The lowest BCUT2D eigenvalue weighted by molar-refractivity contribution is -0.125. The molecule has 0 aromatic rings. The summed E-state index contributed by atoms with van der Waals surface area (Å²) in [6.45, 7) is 4.42. The molecule has 1 N–H and O–H groups in total. The van der Waals surface area contributed by atoms with E-state index in [4.69, 9.17) is 0 Å². The van der Waals surface area contributed by atoms with Gasteiger partial charge in [-0.2, -0.15) is 0 Å². The summed E-state index contributed by atoms with van der Waals surface area (Å²) in [5, 5.41) is 2.99. The van der Waals surface area contributed by atoms with E-state index in [2.05, 4.69) is 19.2 Å². The zero-order chi connectivity index (χ0) is 7.30. The van der Waals surface area contributed by atoms with Gasteiger partial charge >= 0.3 is 0 Å². The van der Waals surface area contributed by atoms with Gasteiger partial charge in [-0.15, -0.1) is 0 Å². The molecule has 2 fully saturated rings. The van der Waals surface area contributed by atoms with Crippen LogP contribution >= 0.6 is 0 Å². The molecule has 4 atom stereocenters. The van der Waals surface area contributed by atoms with Crippen LogP contribution in [0.2, 0.25) is 0 Å². The van der Waals surface area contributed by atoms with Gasteiger partial charge in [-0.05, 0) is 18.3 Å². The third-order valence-electron chi connectivity index (χ3n) is 3.27. The van der Waals surface area contributed by atoms with Crippen LogP contribution in [0.3, 0.4) is 0 Å². The van der Waals surface area contributed by atoms with Crippen LogP contribution < -0.4 is 5.32 Å². The summed E-state index contributed by atoms with van der Waals surface area (Å²) < 4.78 is 0. The summed E-state index contributed by atoms with van der Waals surface area (Å²) in [4.78, 5) is 11.1. The summed E-state index contributed by atoms with van der Waals surface area (Å²) in [5.74, 6) is 1.93. The topological polar surface area (TPSA) is 29.1 Å². The standard InChI is InChI=1S/C8H13NO/c1-4-5(2)7-3-6(4)8(10)9-7/h4-7H,3H2,1-2H3,(H,9,10)/t4-,5?,6-,7+/m0/s1. The summed E-state index contributed by atoms with van der Waals surface area (Å²) in [7, 11) is 0. The van der Waals surface area contributed by atoms with Gasteiger partial charge < -0.3 is 5.32 Å². The number of carbonyl (C=O) groups excluding carboxylic acids is 1. The van der Waals surface area contributed by atoms with E-state index in [9.17, 15) is 4.79 Å². The van der Waals surface area contributed by atoms with Crippen LogP contribution in [-0.4, -0.2) is 11.9 Å². The fraction of sp³-hybridized carbons (Fsp3) is 0.875. The van der Waals surface area contributed by atoms with Gasteiger partial charge in [-0.3, -0.25) is 4.79 Å². The van der Waals surface area contributed by atoms with Crippen molar-refractivity contribution in [1.82, 2.24) is 5.32 Å². The molecule has 1 unspecified atom stereocenters. The molecule has 0 aromatic carbocycles. The number of amides is 1. The highest BCUT2D eigenvalue weighted by atomic mass is 16.2. The number of carbonyl (C=O) groups is 1. The Morgan fingerprint density at radius 2 is 2.10 bits per heavy atom. The summed E-state index contributed by atoms with van der Waals surface area (Å²) in [6.07, 6.45) is 1.08. The summed E-state index contributed by atoms with van der Waals surface area (Å²) in [6, 6.07) is 0.493. The van der Waals surface area contributed by atoms with Crippen molar-refractivity contribution in [2.24, 2.45) is 17.8 Å². The minimum absolute atomic E-state index is 0.288. The lowest BCUT2D eigenvalue weighted by Crippen LogP contribution is -2.40. The van der Waals surface area contributed by atoms with Crippen LogP contribution in [0.15, 0.2) is 0 Å². The number of nitrogens with one attached hydrogen (secondary N) is 1. The predicted octanol–water partition coefficient (Wildman–Crippen LogP) is 0.777. The first-order valence-corrected chi connectivity index (χ1v) is 4.00. The number of hydrogen-bond donors (Lipinski definition) is 1. The van der Waals surface area contributed by atoms with Gasteiger partial charge in [0.25, 0.3) is 0 Å². The first-order chi connectivity index (χ1) is 4.70. The van der Waals surface area contributed by atoms with Crippen LogP contribution in [0.1, 0.15) is 20.3 Å². The van der Waals surface area contributed by atoms with Crippen molar-refractivity contribution in [1.29, 1.82) is 0 Å². The minimum atomic E-state index is 0.288. The summed E-state index contributed by atoms with van der Waals surface area (Å²) in [5.41, 5.74) is 0. The number of piperidine rings is 1. The van der Waals surface area contributed by atoms with E-state index in [1.54, 1.807) is 0 Å². The Morgan fingerprint density at radius 1 is 1.40 bits per heavy atom. The molecule has 1 amide bonds. The van der Waals surface area contributed by atoms with Crippen molar-refractivity contribution < 1.29 is 4.79 Å². The zero-order valence-corrected chi connectivity index (χ0v) is 6.42. The normalized spacial score (nSPS) is 51.6. The van der Waals surface area contributed by atoms with Gasteiger partial charge in [0.05, 0.1) is 0 Å². The molecular weight excluding hydrogens is 126 g/mol. The SMILES string of the molecule is CC1[C@H]2C[C@H](C(=O)N2)[C@H]1C. The predicted molar refractivity (Wildman–Crippen MR) is 38.4 cm³/mol. The Bertz CT molecular complexity index is 176. The number of fused-ring (bicyclic) bond motifs is 2. The fourth-order valence-corrected chi connectivity index (χ4v) is 2.26. The molecule has 1 heterocycles. The van der Waals surface area contributed by atoms with E-state index in [-0.39, 0.29) is 5.91 Å². The van der Waals surface area contributed by atoms with Crippen LogP contribution in [0.25, 0.3) is 0 Å². The molecule has 1 saturated carbocycles. The van der Waals surface area contributed by atoms with E-state index in [0.717, 1.165) is 6.42 Å². The van der Waals surface area contributed by atoms with E-state index in [1.165, 1.54) is 0 Å². The Labute approximate surface area is 61.0 Å². The van der Waals surface area contributed by atoms with Crippen LogP contribution in [0.4, 0.5) is 0 Å². The maximum Gasteiger partial charge on any atom is 0.223 e. The molecule has 2 bridgehead atoms. The second kappa shape index (κ2) is 1.74. The Hall–Kier alpha value is -0.530. The molecule has 0 spiro atoms. The van der Waals surface area contributed by atoms with Crippen LogP contribution in [0, 0.1) is 17.8 Å². The molecule has 2 heteroatoms. The summed E-state index contributed by atoms with van der Waals surface area (Å²) >= 11 is 0. The van der Waals surface area contributed by atoms with E-state index >= 15 is 0 Å². The average molecular weight is 139 g/mol. The van der Waals surface area contributed by atoms with Crippen molar-refractivity contribution in [2.45, 2.75) is 26.3 Å². The number of hydrogen-bond acceptors (Lipinski definition) is 1. The van der Waals surface area contributed by atoms with Gasteiger partial charge in [0.15, 0.2) is 0 Å².